The third-order valence-electron chi connectivity index (χ3n) is 2.79. The van der Waals surface area contributed by atoms with E-state index >= 15 is 0 Å². The van der Waals surface area contributed by atoms with Crippen molar-refractivity contribution in [1.82, 2.24) is 9.78 Å². The number of nitrogen functional groups attached to an aromatic ring is 1. The minimum atomic E-state index is -3.82. The highest BCUT2D eigenvalue weighted by Crippen LogP contribution is 2.30. The molecule has 0 amide bonds. The number of methoxy groups -OCH3 is 1. The lowest BCUT2D eigenvalue weighted by atomic mass is 10.3. The quantitative estimate of drug-likeness (QED) is 0.834. The molecular weight excluding hydrogens is 360 g/mol. The Labute approximate surface area is 131 Å². The van der Waals surface area contributed by atoms with E-state index in [1.54, 1.807) is 18.2 Å². The third kappa shape index (κ3) is 3.30. The lowest BCUT2D eigenvalue weighted by Crippen LogP contribution is -2.14. The SMILES string of the molecule is CCn1cc(S(=O)(=O)Nc2cc(OC)ccc2Br)c(N)n1. The Morgan fingerprint density at radius 2 is 2.19 bits per heavy atom. The first-order chi connectivity index (χ1) is 9.87. The van der Waals surface area contributed by atoms with E-state index in [1.165, 1.54) is 18.0 Å². The monoisotopic (exact) mass is 374 g/mol. The number of anilines is 2. The molecule has 0 bridgehead atoms. The molecule has 2 aromatic rings. The second kappa shape index (κ2) is 5.94. The molecule has 2 rings (SSSR count). The maximum Gasteiger partial charge on any atom is 0.267 e. The van der Waals surface area contributed by atoms with Crippen molar-refractivity contribution >= 4 is 37.5 Å². The van der Waals surface area contributed by atoms with Crippen LogP contribution >= 0.6 is 15.9 Å². The zero-order chi connectivity index (χ0) is 15.6. The number of hydrogen-bond acceptors (Lipinski definition) is 5. The fourth-order valence-corrected chi connectivity index (χ4v) is 3.32. The number of ether oxygens (including phenoxy) is 1. The highest BCUT2D eigenvalue weighted by Gasteiger charge is 2.22. The largest absolute Gasteiger partial charge is 0.497 e. The Balaban J connectivity index is 2.39. The van der Waals surface area contributed by atoms with Crippen LogP contribution in [0.2, 0.25) is 0 Å². The molecule has 0 saturated carbocycles. The lowest BCUT2D eigenvalue weighted by molar-refractivity contribution is 0.415. The standard InChI is InChI=1S/C12H15BrN4O3S/c1-3-17-7-11(12(14)15-17)21(18,19)16-10-6-8(20-2)4-5-9(10)13/h4-7,16H,3H2,1-2H3,(H2,14,15). The number of nitrogens with one attached hydrogen (secondary N) is 1. The predicted octanol–water partition coefficient (Wildman–Crippen LogP) is 2.06. The number of aryl methyl sites for hydroxylation is 1. The van der Waals surface area contributed by atoms with Crippen LogP contribution < -0.4 is 15.2 Å². The zero-order valence-corrected chi connectivity index (χ0v) is 13.9. The first-order valence-corrected chi connectivity index (χ1v) is 8.34. The molecule has 0 saturated heterocycles. The van der Waals surface area contributed by atoms with Crippen molar-refractivity contribution in [3.63, 3.8) is 0 Å². The van der Waals surface area contributed by atoms with Gasteiger partial charge in [0.05, 0.1) is 12.8 Å². The number of halogens is 1. The molecule has 0 fully saturated rings. The summed E-state index contributed by atoms with van der Waals surface area (Å²) in [7, 11) is -2.32. The zero-order valence-electron chi connectivity index (χ0n) is 11.5. The predicted molar refractivity (Wildman–Crippen MR) is 83.8 cm³/mol. The van der Waals surface area contributed by atoms with E-state index in [1.807, 2.05) is 6.92 Å². The van der Waals surface area contributed by atoms with Gasteiger partial charge >= 0.3 is 0 Å². The van der Waals surface area contributed by atoms with Gasteiger partial charge < -0.3 is 10.5 Å². The van der Waals surface area contributed by atoms with E-state index in [2.05, 4.69) is 25.8 Å². The summed E-state index contributed by atoms with van der Waals surface area (Å²) in [5, 5.41) is 3.93. The van der Waals surface area contributed by atoms with Crippen LogP contribution in [0, 0.1) is 0 Å². The Morgan fingerprint density at radius 3 is 2.76 bits per heavy atom. The molecule has 21 heavy (non-hydrogen) atoms. The van der Waals surface area contributed by atoms with Crippen molar-refractivity contribution in [2.24, 2.45) is 0 Å². The second-order valence-electron chi connectivity index (χ2n) is 4.19. The summed E-state index contributed by atoms with van der Waals surface area (Å²) in [6.45, 7) is 2.37. The first kappa shape index (κ1) is 15.6. The molecule has 0 aliphatic heterocycles. The normalized spacial score (nSPS) is 11.4. The van der Waals surface area contributed by atoms with Crippen LogP contribution in [0.3, 0.4) is 0 Å². The van der Waals surface area contributed by atoms with Crippen LogP contribution in [0.25, 0.3) is 0 Å². The second-order valence-corrected chi connectivity index (χ2v) is 6.69. The fourth-order valence-electron chi connectivity index (χ4n) is 1.70. The van der Waals surface area contributed by atoms with Crippen molar-refractivity contribution in [1.29, 1.82) is 0 Å². The Kier molecular flexibility index (Phi) is 4.43. The summed E-state index contributed by atoms with van der Waals surface area (Å²) < 4.78 is 34.4. The lowest BCUT2D eigenvalue weighted by Gasteiger charge is -2.10. The van der Waals surface area contributed by atoms with E-state index in [-0.39, 0.29) is 10.7 Å². The molecule has 0 radical (unpaired) electrons. The van der Waals surface area contributed by atoms with Crippen LogP contribution in [0.1, 0.15) is 6.92 Å². The van der Waals surface area contributed by atoms with Gasteiger partial charge in [-0.2, -0.15) is 5.10 Å². The molecule has 0 spiro atoms. The van der Waals surface area contributed by atoms with E-state index in [9.17, 15) is 8.42 Å². The van der Waals surface area contributed by atoms with Gasteiger partial charge in [0.1, 0.15) is 10.6 Å². The maximum atomic E-state index is 12.4. The van der Waals surface area contributed by atoms with Gasteiger partial charge in [0.25, 0.3) is 10.0 Å². The summed E-state index contributed by atoms with van der Waals surface area (Å²) in [4.78, 5) is -0.0564. The topological polar surface area (TPSA) is 99.2 Å². The molecule has 7 nitrogen and oxygen atoms in total. The number of rotatable bonds is 5. The van der Waals surface area contributed by atoms with Gasteiger partial charge in [0.2, 0.25) is 0 Å². The number of sulfonamides is 1. The number of nitrogens with two attached hydrogens (primary N) is 1. The fraction of sp³-hybridized carbons (Fsp3) is 0.250. The molecular formula is C12H15BrN4O3S. The van der Waals surface area contributed by atoms with Gasteiger partial charge in [-0.15, -0.1) is 0 Å². The van der Waals surface area contributed by atoms with Crippen molar-refractivity contribution in [3.8, 4) is 5.75 Å². The first-order valence-electron chi connectivity index (χ1n) is 6.06. The van der Waals surface area contributed by atoms with E-state index < -0.39 is 10.0 Å². The van der Waals surface area contributed by atoms with Crippen LogP contribution in [-0.2, 0) is 16.6 Å². The molecule has 0 unspecified atom stereocenters. The summed E-state index contributed by atoms with van der Waals surface area (Å²) in [6, 6.07) is 4.98. The van der Waals surface area contributed by atoms with Gasteiger partial charge in [-0.25, -0.2) is 8.42 Å². The van der Waals surface area contributed by atoms with E-state index in [4.69, 9.17) is 10.5 Å². The number of nitrogens with zero attached hydrogens (tertiary/aromatic N) is 2. The average molecular weight is 375 g/mol. The van der Waals surface area contributed by atoms with Crippen molar-refractivity contribution < 1.29 is 13.2 Å². The van der Waals surface area contributed by atoms with E-state index in [0.717, 1.165) is 0 Å². The number of aromatic nitrogens is 2. The number of hydrogen-bond donors (Lipinski definition) is 2. The highest BCUT2D eigenvalue weighted by molar-refractivity contribution is 9.10. The van der Waals surface area contributed by atoms with Crippen LogP contribution in [0.4, 0.5) is 11.5 Å². The summed E-state index contributed by atoms with van der Waals surface area (Å²) in [6.07, 6.45) is 1.39. The minimum Gasteiger partial charge on any atom is -0.497 e. The van der Waals surface area contributed by atoms with Gasteiger partial charge in [-0.3, -0.25) is 9.40 Å². The third-order valence-corrected chi connectivity index (χ3v) is 4.86. The van der Waals surface area contributed by atoms with Gasteiger partial charge in [0.15, 0.2) is 5.82 Å². The Morgan fingerprint density at radius 1 is 1.48 bits per heavy atom. The number of benzene rings is 1. The van der Waals surface area contributed by atoms with Crippen molar-refractivity contribution in [2.45, 2.75) is 18.4 Å². The molecule has 0 atom stereocenters. The van der Waals surface area contributed by atoms with Gasteiger partial charge in [0, 0.05) is 23.3 Å². The van der Waals surface area contributed by atoms with Crippen LogP contribution in [0.5, 0.6) is 5.75 Å². The van der Waals surface area contributed by atoms with Gasteiger partial charge in [-0.1, -0.05) is 0 Å². The molecule has 1 aromatic carbocycles. The summed E-state index contributed by atoms with van der Waals surface area (Å²) >= 11 is 3.29. The molecule has 1 aromatic heterocycles. The summed E-state index contributed by atoms with van der Waals surface area (Å²) in [5.74, 6) is 0.497. The molecule has 0 aliphatic carbocycles. The maximum absolute atomic E-state index is 12.4. The van der Waals surface area contributed by atoms with Gasteiger partial charge in [-0.05, 0) is 35.0 Å². The minimum absolute atomic E-state index is 0.0385. The molecule has 9 heteroatoms. The van der Waals surface area contributed by atoms with Crippen molar-refractivity contribution in [2.75, 3.05) is 17.6 Å². The van der Waals surface area contributed by atoms with Crippen molar-refractivity contribution in [3.05, 3.63) is 28.9 Å². The van der Waals surface area contributed by atoms with Crippen LogP contribution in [0.15, 0.2) is 33.8 Å². The van der Waals surface area contributed by atoms with E-state index in [0.29, 0.717) is 22.5 Å². The molecule has 3 N–H and O–H groups in total. The Bertz CT molecular complexity index is 758. The van der Waals surface area contributed by atoms with Crippen LogP contribution in [-0.4, -0.2) is 25.3 Å². The highest BCUT2D eigenvalue weighted by atomic mass is 79.9. The molecule has 0 aliphatic rings. The molecule has 1 heterocycles. The average Bonchev–Trinajstić information content (AvgIpc) is 2.83. The summed E-state index contributed by atoms with van der Waals surface area (Å²) in [5.41, 5.74) is 6.02. The molecule has 114 valence electrons. The smallest absolute Gasteiger partial charge is 0.267 e. The Hall–Kier alpha value is -1.74.